The second-order valence-electron chi connectivity index (χ2n) is 4.85. The maximum Gasteiger partial charge on any atom is 0.203 e. The molecule has 0 bridgehead atoms. The lowest BCUT2D eigenvalue weighted by atomic mass is 10.4. The number of nitrogens with zero attached hydrogens (tertiary/aromatic N) is 2. The van der Waals surface area contributed by atoms with E-state index in [0.29, 0.717) is 0 Å². The van der Waals surface area contributed by atoms with Crippen LogP contribution in [0.5, 0.6) is 0 Å². The molecule has 0 spiro atoms. The molecular weight excluding hydrogens is 238 g/mol. The predicted molar refractivity (Wildman–Crippen MR) is 70.1 cm³/mol. The first kappa shape index (κ1) is 14.0. The van der Waals surface area contributed by atoms with Crippen molar-refractivity contribution in [3.63, 3.8) is 0 Å². The van der Waals surface area contributed by atoms with Crippen molar-refractivity contribution >= 4 is 15.8 Å². The first-order valence-corrected chi connectivity index (χ1v) is 7.75. The Bertz CT molecular complexity index is 477. The van der Waals surface area contributed by atoms with Crippen molar-refractivity contribution in [2.45, 2.75) is 39.8 Å². The van der Waals surface area contributed by atoms with Gasteiger partial charge in [-0.1, -0.05) is 0 Å². The largest absolute Gasteiger partial charge is 0.353 e. The fraction of sp³-hybridized carbons (Fsp3) is 0.727. The van der Waals surface area contributed by atoms with Crippen molar-refractivity contribution in [3.05, 3.63) is 11.9 Å². The average Bonchev–Trinajstić information content (AvgIpc) is 2.42. The maximum absolute atomic E-state index is 11.3. The Labute approximate surface area is 103 Å². The number of anilines is 1. The number of nitrogens with one attached hydrogen (secondary N) is 1. The van der Waals surface area contributed by atoms with E-state index in [2.05, 4.69) is 10.3 Å². The van der Waals surface area contributed by atoms with Crippen LogP contribution < -0.4 is 5.32 Å². The van der Waals surface area contributed by atoms with Crippen LogP contribution in [0.3, 0.4) is 0 Å². The quantitative estimate of drug-likeness (QED) is 0.872. The van der Waals surface area contributed by atoms with E-state index >= 15 is 0 Å². The van der Waals surface area contributed by atoms with Gasteiger partial charge in [0.05, 0.1) is 11.4 Å². The van der Waals surface area contributed by atoms with Crippen LogP contribution in [0.4, 0.5) is 5.95 Å². The van der Waals surface area contributed by atoms with Crippen molar-refractivity contribution in [2.24, 2.45) is 0 Å². The predicted octanol–water partition coefficient (Wildman–Crippen LogP) is 1.62. The summed E-state index contributed by atoms with van der Waals surface area (Å²) in [5.41, 5.74) is 0.883. The molecule has 1 N–H and O–H groups in total. The Hall–Kier alpha value is -1.04. The number of hydrogen-bond donors (Lipinski definition) is 1. The fourth-order valence-electron chi connectivity index (χ4n) is 1.74. The molecule has 98 valence electrons. The third kappa shape index (κ3) is 4.38. The van der Waals surface area contributed by atoms with Crippen LogP contribution in [0.1, 0.15) is 32.5 Å². The summed E-state index contributed by atoms with van der Waals surface area (Å²) in [7, 11) is -2.98. The standard InChI is InChI=1S/C11H21N3O2S/c1-8(2)12-11-13-9(3)6-14(11)10(4)7-17(5,15)16/h6,8,10H,7H2,1-5H3,(H,12,13). The van der Waals surface area contributed by atoms with Crippen molar-refractivity contribution in [2.75, 3.05) is 17.3 Å². The van der Waals surface area contributed by atoms with Gasteiger partial charge < -0.3 is 9.88 Å². The van der Waals surface area contributed by atoms with Gasteiger partial charge in [-0.05, 0) is 27.7 Å². The molecule has 1 atom stereocenters. The maximum atomic E-state index is 11.3. The molecule has 0 saturated carbocycles. The van der Waals surface area contributed by atoms with Gasteiger partial charge in [-0.2, -0.15) is 0 Å². The van der Waals surface area contributed by atoms with Crippen LogP contribution in [0.15, 0.2) is 6.20 Å². The molecule has 0 fully saturated rings. The van der Waals surface area contributed by atoms with Crippen molar-refractivity contribution in [1.29, 1.82) is 0 Å². The van der Waals surface area contributed by atoms with Crippen LogP contribution in [0.25, 0.3) is 0 Å². The molecule has 0 aliphatic rings. The molecule has 0 aromatic carbocycles. The molecule has 0 aliphatic heterocycles. The smallest absolute Gasteiger partial charge is 0.203 e. The number of aryl methyl sites for hydroxylation is 1. The Balaban J connectivity index is 2.96. The van der Waals surface area contributed by atoms with Gasteiger partial charge in [-0.25, -0.2) is 13.4 Å². The minimum absolute atomic E-state index is 0.118. The highest BCUT2D eigenvalue weighted by Gasteiger charge is 2.16. The molecule has 1 aromatic rings. The molecule has 0 saturated heterocycles. The number of sulfone groups is 1. The molecule has 1 unspecified atom stereocenters. The van der Waals surface area contributed by atoms with E-state index in [-0.39, 0.29) is 17.8 Å². The summed E-state index contributed by atoms with van der Waals surface area (Å²) in [6.07, 6.45) is 3.13. The number of hydrogen-bond acceptors (Lipinski definition) is 4. The zero-order valence-corrected chi connectivity index (χ0v) is 11.9. The Morgan fingerprint density at radius 1 is 1.41 bits per heavy atom. The van der Waals surface area contributed by atoms with E-state index in [1.54, 1.807) is 0 Å². The van der Waals surface area contributed by atoms with Crippen LogP contribution in [-0.4, -0.2) is 36.0 Å². The van der Waals surface area contributed by atoms with Gasteiger partial charge in [-0.3, -0.25) is 0 Å². The third-order valence-electron chi connectivity index (χ3n) is 2.29. The summed E-state index contributed by atoms with van der Waals surface area (Å²) in [5, 5.41) is 3.22. The molecule has 0 radical (unpaired) electrons. The second kappa shape index (κ2) is 5.08. The first-order valence-electron chi connectivity index (χ1n) is 5.69. The average molecular weight is 259 g/mol. The molecule has 1 rings (SSSR count). The molecule has 17 heavy (non-hydrogen) atoms. The van der Waals surface area contributed by atoms with Crippen LogP contribution in [0.2, 0.25) is 0 Å². The summed E-state index contributed by atoms with van der Waals surface area (Å²) in [6.45, 7) is 7.83. The molecule has 6 heteroatoms. The first-order chi connectivity index (χ1) is 7.69. The molecule has 0 aliphatic carbocycles. The van der Waals surface area contributed by atoms with Crippen molar-refractivity contribution < 1.29 is 8.42 Å². The van der Waals surface area contributed by atoms with Crippen LogP contribution in [-0.2, 0) is 9.84 Å². The van der Waals surface area contributed by atoms with Crippen molar-refractivity contribution in [3.8, 4) is 0 Å². The lowest BCUT2D eigenvalue weighted by Crippen LogP contribution is -2.20. The molecular formula is C11H21N3O2S. The lowest BCUT2D eigenvalue weighted by molar-refractivity contribution is 0.562. The van der Waals surface area contributed by atoms with Gasteiger partial charge in [0.2, 0.25) is 5.95 Å². The van der Waals surface area contributed by atoms with Gasteiger partial charge in [0.15, 0.2) is 0 Å². The topological polar surface area (TPSA) is 64.0 Å². The van der Waals surface area contributed by atoms with E-state index in [4.69, 9.17) is 0 Å². The molecule has 1 aromatic heterocycles. The second-order valence-corrected chi connectivity index (χ2v) is 7.04. The van der Waals surface area contributed by atoms with E-state index in [9.17, 15) is 8.42 Å². The van der Waals surface area contributed by atoms with Gasteiger partial charge in [0, 0.05) is 24.5 Å². The van der Waals surface area contributed by atoms with Gasteiger partial charge >= 0.3 is 0 Å². The van der Waals surface area contributed by atoms with Crippen LogP contribution >= 0.6 is 0 Å². The fourth-order valence-corrected chi connectivity index (χ4v) is 2.77. The molecule has 5 nitrogen and oxygen atoms in total. The van der Waals surface area contributed by atoms with Gasteiger partial charge in [0.25, 0.3) is 0 Å². The number of aromatic nitrogens is 2. The summed E-state index contributed by atoms with van der Waals surface area (Å²) in [5.74, 6) is 0.851. The van der Waals surface area contributed by atoms with E-state index in [1.165, 1.54) is 6.26 Å². The summed E-state index contributed by atoms with van der Waals surface area (Å²) < 4.78 is 24.5. The Kier molecular flexibility index (Phi) is 4.19. The summed E-state index contributed by atoms with van der Waals surface area (Å²) in [6, 6.07) is 0.147. The molecule has 1 heterocycles. The van der Waals surface area contributed by atoms with Gasteiger partial charge in [-0.15, -0.1) is 0 Å². The zero-order chi connectivity index (χ0) is 13.2. The highest BCUT2D eigenvalue weighted by atomic mass is 32.2. The SMILES string of the molecule is Cc1cn(C(C)CS(C)(=O)=O)c(NC(C)C)n1. The van der Waals surface area contributed by atoms with Gasteiger partial charge in [0.1, 0.15) is 9.84 Å². The highest BCUT2D eigenvalue weighted by molar-refractivity contribution is 7.90. The minimum atomic E-state index is -2.98. The Morgan fingerprint density at radius 2 is 2.00 bits per heavy atom. The summed E-state index contributed by atoms with van der Waals surface area (Å²) in [4.78, 5) is 4.36. The summed E-state index contributed by atoms with van der Waals surface area (Å²) >= 11 is 0. The Morgan fingerprint density at radius 3 is 2.47 bits per heavy atom. The van der Waals surface area contributed by atoms with E-state index < -0.39 is 9.84 Å². The van der Waals surface area contributed by atoms with Crippen molar-refractivity contribution in [1.82, 2.24) is 9.55 Å². The third-order valence-corrected chi connectivity index (χ3v) is 3.38. The van der Waals surface area contributed by atoms with E-state index in [1.807, 2.05) is 38.5 Å². The number of rotatable bonds is 5. The van der Waals surface area contributed by atoms with Crippen LogP contribution in [0, 0.1) is 6.92 Å². The monoisotopic (exact) mass is 259 g/mol. The van der Waals surface area contributed by atoms with E-state index in [0.717, 1.165) is 11.6 Å². The highest BCUT2D eigenvalue weighted by Crippen LogP contribution is 2.18. The zero-order valence-electron chi connectivity index (χ0n) is 11.1. The lowest BCUT2D eigenvalue weighted by Gasteiger charge is -2.17. The minimum Gasteiger partial charge on any atom is -0.353 e. The normalized spacial score (nSPS) is 14.0. The molecule has 0 amide bonds. The number of imidazole rings is 1.